The van der Waals surface area contributed by atoms with Crippen LogP contribution in [0.15, 0.2) is 48.5 Å². The molecular formula is C28H30N2O5. The number of aliphatic carboxylic acids is 1. The van der Waals surface area contributed by atoms with Crippen molar-refractivity contribution in [2.75, 3.05) is 6.61 Å². The van der Waals surface area contributed by atoms with E-state index in [9.17, 15) is 19.5 Å². The summed E-state index contributed by atoms with van der Waals surface area (Å²) in [5.41, 5.74) is 4.64. The van der Waals surface area contributed by atoms with Gasteiger partial charge in [0.15, 0.2) is 0 Å². The van der Waals surface area contributed by atoms with Crippen LogP contribution in [0.5, 0.6) is 0 Å². The average Bonchev–Trinajstić information content (AvgIpc) is 3.42. The highest BCUT2D eigenvalue weighted by molar-refractivity contribution is 5.84. The molecule has 0 spiro atoms. The van der Waals surface area contributed by atoms with Crippen molar-refractivity contribution in [2.24, 2.45) is 5.92 Å². The van der Waals surface area contributed by atoms with Crippen LogP contribution < -0.4 is 10.6 Å². The normalized spacial score (nSPS) is 19.0. The Hall–Kier alpha value is -3.79. The van der Waals surface area contributed by atoms with Gasteiger partial charge in [0.25, 0.3) is 0 Å². The molecule has 0 bridgehead atoms. The predicted octanol–water partition coefficient (Wildman–Crippen LogP) is 4.07. The van der Waals surface area contributed by atoms with Crippen LogP contribution in [-0.4, -0.2) is 41.8 Å². The van der Waals surface area contributed by atoms with Gasteiger partial charge in [-0.1, -0.05) is 55.0 Å². The summed E-state index contributed by atoms with van der Waals surface area (Å²) in [5, 5.41) is 14.8. The SMILES string of the molecule is CC#CCC(NC(=O)C[C@@H]1CCC[C@H]1NC(=O)OCC1c2ccccc2-c2ccccc21)C(=O)O. The Labute approximate surface area is 205 Å². The zero-order valence-corrected chi connectivity index (χ0v) is 19.8. The molecule has 2 aromatic rings. The van der Waals surface area contributed by atoms with Gasteiger partial charge in [-0.05, 0) is 47.9 Å². The lowest BCUT2D eigenvalue weighted by Crippen LogP contribution is -2.43. The van der Waals surface area contributed by atoms with Crippen molar-refractivity contribution in [3.05, 3.63) is 59.7 Å². The Kier molecular flexibility index (Phi) is 7.71. The summed E-state index contributed by atoms with van der Waals surface area (Å²) in [7, 11) is 0. The van der Waals surface area contributed by atoms with Gasteiger partial charge in [-0.25, -0.2) is 9.59 Å². The first-order valence-electron chi connectivity index (χ1n) is 12.0. The Bertz CT molecular complexity index is 1120. The van der Waals surface area contributed by atoms with E-state index in [4.69, 9.17) is 4.74 Å². The van der Waals surface area contributed by atoms with Crippen molar-refractivity contribution in [2.45, 2.75) is 57.0 Å². The monoisotopic (exact) mass is 474 g/mol. The van der Waals surface area contributed by atoms with E-state index in [1.54, 1.807) is 6.92 Å². The number of hydrogen-bond acceptors (Lipinski definition) is 4. The number of carbonyl (C=O) groups excluding carboxylic acids is 2. The van der Waals surface area contributed by atoms with Gasteiger partial charge in [-0.15, -0.1) is 11.8 Å². The van der Waals surface area contributed by atoms with E-state index in [0.717, 1.165) is 30.4 Å². The van der Waals surface area contributed by atoms with E-state index in [1.807, 2.05) is 24.3 Å². The number of carboxylic acids is 1. The van der Waals surface area contributed by atoms with Gasteiger partial charge in [0, 0.05) is 24.8 Å². The van der Waals surface area contributed by atoms with E-state index in [1.165, 1.54) is 11.1 Å². The summed E-state index contributed by atoms with van der Waals surface area (Å²) in [6.07, 6.45) is 2.14. The number of ether oxygens (including phenoxy) is 1. The second kappa shape index (κ2) is 11.1. The maximum absolute atomic E-state index is 12.7. The molecule has 0 heterocycles. The molecule has 0 saturated heterocycles. The van der Waals surface area contributed by atoms with Crippen LogP contribution in [0.2, 0.25) is 0 Å². The number of carbonyl (C=O) groups is 3. The standard InChI is InChI=1S/C28H30N2O5/c1-2-3-14-25(27(32)33)29-26(31)16-18-9-8-15-24(18)30-28(34)35-17-23-21-12-6-4-10-19(21)20-11-5-7-13-22(20)23/h4-7,10-13,18,23-25H,8-9,14-17H2,1H3,(H,29,31)(H,30,34)(H,32,33)/t18-,24+,25?/m0/s1. The topological polar surface area (TPSA) is 105 Å². The van der Waals surface area contributed by atoms with Gasteiger partial charge in [-0.3, -0.25) is 4.79 Å². The van der Waals surface area contributed by atoms with Crippen LogP contribution in [0, 0.1) is 17.8 Å². The van der Waals surface area contributed by atoms with Gasteiger partial charge in [0.05, 0.1) is 0 Å². The highest BCUT2D eigenvalue weighted by Crippen LogP contribution is 2.44. The largest absolute Gasteiger partial charge is 0.480 e. The van der Waals surface area contributed by atoms with Crippen molar-refractivity contribution >= 4 is 18.0 Å². The lowest BCUT2D eigenvalue weighted by Gasteiger charge is -2.22. The van der Waals surface area contributed by atoms with Gasteiger partial charge in [-0.2, -0.15) is 0 Å². The third kappa shape index (κ3) is 5.65. The molecule has 4 rings (SSSR count). The van der Waals surface area contributed by atoms with E-state index in [-0.39, 0.29) is 43.2 Å². The molecule has 1 unspecified atom stereocenters. The van der Waals surface area contributed by atoms with E-state index in [0.29, 0.717) is 0 Å². The molecule has 2 aliphatic rings. The molecule has 2 amide bonds. The van der Waals surface area contributed by atoms with Gasteiger partial charge in [0.1, 0.15) is 12.6 Å². The number of rotatable bonds is 8. The molecule has 0 aromatic heterocycles. The minimum absolute atomic E-state index is 0.0162. The van der Waals surface area contributed by atoms with Crippen molar-refractivity contribution in [3.8, 4) is 23.0 Å². The number of hydrogen-bond donors (Lipinski definition) is 3. The molecule has 182 valence electrons. The summed E-state index contributed by atoms with van der Waals surface area (Å²) >= 11 is 0. The molecule has 2 aliphatic carbocycles. The minimum atomic E-state index is -1.11. The molecule has 3 N–H and O–H groups in total. The van der Waals surface area contributed by atoms with Crippen LogP contribution in [-0.2, 0) is 14.3 Å². The van der Waals surface area contributed by atoms with E-state index < -0.39 is 18.1 Å². The summed E-state index contributed by atoms with van der Waals surface area (Å²) in [5.74, 6) is 3.80. The minimum Gasteiger partial charge on any atom is -0.480 e. The summed E-state index contributed by atoms with van der Waals surface area (Å²) in [6.45, 7) is 1.86. The zero-order valence-electron chi connectivity index (χ0n) is 19.8. The molecule has 2 aromatic carbocycles. The van der Waals surface area contributed by atoms with Gasteiger partial charge in [0.2, 0.25) is 5.91 Å². The second-order valence-corrected chi connectivity index (χ2v) is 9.06. The fourth-order valence-corrected chi connectivity index (χ4v) is 5.16. The van der Waals surface area contributed by atoms with E-state index in [2.05, 4.69) is 46.7 Å². The van der Waals surface area contributed by atoms with Crippen LogP contribution >= 0.6 is 0 Å². The molecule has 1 saturated carbocycles. The van der Waals surface area contributed by atoms with Crippen LogP contribution in [0.4, 0.5) is 4.79 Å². The number of fused-ring (bicyclic) bond motifs is 3. The highest BCUT2D eigenvalue weighted by Gasteiger charge is 2.33. The first-order valence-corrected chi connectivity index (χ1v) is 12.0. The molecule has 0 radical (unpaired) electrons. The van der Waals surface area contributed by atoms with Crippen molar-refractivity contribution in [1.82, 2.24) is 10.6 Å². The van der Waals surface area contributed by atoms with Gasteiger partial charge < -0.3 is 20.5 Å². The predicted molar refractivity (Wildman–Crippen MR) is 132 cm³/mol. The molecule has 0 aliphatic heterocycles. The van der Waals surface area contributed by atoms with E-state index >= 15 is 0 Å². The van der Waals surface area contributed by atoms with Crippen molar-refractivity contribution in [3.63, 3.8) is 0 Å². The highest BCUT2D eigenvalue weighted by atomic mass is 16.5. The molecule has 1 fully saturated rings. The van der Waals surface area contributed by atoms with Gasteiger partial charge >= 0.3 is 12.1 Å². The Morgan fingerprint density at radius 1 is 1.06 bits per heavy atom. The maximum Gasteiger partial charge on any atom is 0.407 e. The first-order chi connectivity index (χ1) is 17.0. The fourth-order valence-electron chi connectivity index (χ4n) is 5.16. The number of carboxylic acid groups (broad SMARTS) is 1. The number of nitrogens with one attached hydrogen (secondary N) is 2. The zero-order chi connectivity index (χ0) is 24.8. The molecule has 7 heteroatoms. The van der Waals surface area contributed by atoms with Crippen molar-refractivity contribution < 1.29 is 24.2 Å². The molecule has 35 heavy (non-hydrogen) atoms. The Balaban J connectivity index is 1.31. The number of alkyl carbamates (subject to hydrolysis) is 1. The summed E-state index contributed by atoms with van der Waals surface area (Å²) in [6, 6.07) is 15.1. The van der Waals surface area contributed by atoms with Crippen LogP contribution in [0.3, 0.4) is 0 Å². The molecule has 7 nitrogen and oxygen atoms in total. The smallest absolute Gasteiger partial charge is 0.407 e. The summed E-state index contributed by atoms with van der Waals surface area (Å²) in [4.78, 5) is 36.5. The lowest BCUT2D eigenvalue weighted by atomic mass is 9.98. The first kappa shape index (κ1) is 24.3. The maximum atomic E-state index is 12.7. The Morgan fingerprint density at radius 3 is 2.34 bits per heavy atom. The van der Waals surface area contributed by atoms with Crippen molar-refractivity contribution in [1.29, 1.82) is 0 Å². The molecular weight excluding hydrogens is 444 g/mol. The number of benzene rings is 2. The average molecular weight is 475 g/mol. The van der Waals surface area contributed by atoms with Crippen LogP contribution in [0.1, 0.15) is 56.1 Å². The summed E-state index contributed by atoms with van der Waals surface area (Å²) < 4.78 is 5.65. The quantitative estimate of drug-likeness (QED) is 0.501. The third-order valence-electron chi connectivity index (χ3n) is 6.87. The third-order valence-corrected chi connectivity index (χ3v) is 6.87. The lowest BCUT2D eigenvalue weighted by molar-refractivity contribution is -0.141. The van der Waals surface area contributed by atoms with Crippen LogP contribution in [0.25, 0.3) is 11.1 Å². The second-order valence-electron chi connectivity index (χ2n) is 9.06. The fraction of sp³-hybridized carbons (Fsp3) is 0.393. The number of amides is 2. The molecule has 3 atom stereocenters. The Morgan fingerprint density at radius 2 is 1.71 bits per heavy atom.